The molecule has 2 atom stereocenters. The van der Waals surface area contributed by atoms with Crippen LogP contribution in [0.5, 0.6) is 0 Å². The topological polar surface area (TPSA) is 49.3 Å². The van der Waals surface area contributed by atoms with Crippen LogP contribution in [0.1, 0.15) is 32.3 Å². The van der Waals surface area contributed by atoms with Crippen LogP contribution < -0.4 is 5.32 Å². The van der Waals surface area contributed by atoms with Crippen LogP contribution in [0.2, 0.25) is 0 Å². The maximum absolute atomic E-state index is 11.5. The number of hydrogen-bond acceptors (Lipinski definition) is 3. The molecule has 0 saturated carbocycles. The maximum Gasteiger partial charge on any atom is 0.220 e. The Kier molecular flexibility index (Phi) is 6.22. The number of rotatable bonds is 7. The van der Waals surface area contributed by atoms with Gasteiger partial charge in [-0.1, -0.05) is 20.3 Å². The summed E-state index contributed by atoms with van der Waals surface area (Å²) in [6.07, 6.45) is 1.75. The van der Waals surface area contributed by atoms with Gasteiger partial charge in [0.1, 0.15) is 0 Å². The van der Waals surface area contributed by atoms with Gasteiger partial charge in [-0.3, -0.25) is 4.79 Å². The molecule has 0 bridgehead atoms. The normalized spacial score (nSPS) is 14.3. The highest BCUT2D eigenvalue weighted by Crippen LogP contribution is 2.09. The number of thiophene rings is 1. The average Bonchev–Trinajstić information content (AvgIpc) is 2.85. The molecule has 0 aliphatic rings. The highest BCUT2D eigenvalue weighted by molar-refractivity contribution is 7.07. The SMILES string of the molecule is CCC(C)C(O)CNC(=O)CCc1ccsc1. The molecule has 1 amide bonds. The van der Waals surface area contributed by atoms with E-state index in [1.165, 1.54) is 5.56 Å². The number of nitrogens with one attached hydrogen (secondary N) is 1. The minimum absolute atomic E-state index is 0.0125. The van der Waals surface area contributed by atoms with Gasteiger partial charge in [-0.05, 0) is 34.7 Å². The molecule has 1 aromatic heterocycles. The molecule has 17 heavy (non-hydrogen) atoms. The second kappa shape index (κ2) is 7.45. The highest BCUT2D eigenvalue weighted by atomic mass is 32.1. The average molecular weight is 255 g/mol. The van der Waals surface area contributed by atoms with Crippen LogP contribution in [-0.2, 0) is 11.2 Å². The van der Waals surface area contributed by atoms with Crippen LogP contribution in [0.4, 0.5) is 0 Å². The summed E-state index contributed by atoms with van der Waals surface area (Å²) in [5.41, 5.74) is 1.20. The van der Waals surface area contributed by atoms with Crippen molar-refractivity contribution in [3.63, 3.8) is 0 Å². The van der Waals surface area contributed by atoms with Gasteiger partial charge in [0.15, 0.2) is 0 Å². The fourth-order valence-electron chi connectivity index (χ4n) is 1.47. The Morgan fingerprint density at radius 3 is 2.94 bits per heavy atom. The summed E-state index contributed by atoms with van der Waals surface area (Å²) >= 11 is 1.64. The molecule has 4 heteroatoms. The van der Waals surface area contributed by atoms with E-state index in [0.717, 1.165) is 12.8 Å². The largest absolute Gasteiger partial charge is 0.391 e. The predicted molar refractivity (Wildman–Crippen MR) is 71.1 cm³/mol. The molecule has 0 spiro atoms. The standard InChI is InChI=1S/C13H21NO2S/c1-3-10(2)12(15)8-14-13(16)5-4-11-6-7-17-9-11/h6-7,9-10,12,15H,3-5,8H2,1-2H3,(H,14,16). The van der Waals surface area contributed by atoms with Gasteiger partial charge in [0.25, 0.3) is 0 Å². The lowest BCUT2D eigenvalue weighted by atomic mass is 10.0. The minimum Gasteiger partial charge on any atom is -0.391 e. The third kappa shape index (κ3) is 5.33. The van der Waals surface area contributed by atoms with Crippen molar-refractivity contribution >= 4 is 17.2 Å². The molecule has 0 saturated heterocycles. The van der Waals surface area contributed by atoms with E-state index in [0.29, 0.717) is 13.0 Å². The highest BCUT2D eigenvalue weighted by Gasteiger charge is 2.13. The molecule has 0 radical (unpaired) electrons. The van der Waals surface area contributed by atoms with E-state index in [1.807, 2.05) is 25.3 Å². The summed E-state index contributed by atoms with van der Waals surface area (Å²) in [7, 11) is 0. The van der Waals surface area contributed by atoms with E-state index in [2.05, 4.69) is 10.7 Å². The van der Waals surface area contributed by atoms with Gasteiger partial charge < -0.3 is 10.4 Å². The van der Waals surface area contributed by atoms with Gasteiger partial charge in [-0.2, -0.15) is 11.3 Å². The van der Waals surface area contributed by atoms with Crippen molar-refractivity contribution in [3.8, 4) is 0 Å². The van der Waals surface area contributed by atoms with Gasteiger partial charge in [0.05, 0.1) is 6.10 Å². The first-order chi connectivity index (χ1) is 8.13. The fourth-order valence-corrected chi connectivity index (χ4v) is 2.18. The Balaban J connectivity index is 2.17. The lowest BCUT2D eigenvalue weighted by Gasteiger charge is -2.17. The zero-order chi connectivity index (χ0) is 12.7. The fraction of sp³-hybridized carbons (Fsp3) is 0.615. The number of amides is 1. The van der Waals surface area contributed by atoms with Crippen molar-refractivity contribution in [1.82, 2.24) is 5.32 Å². The van der Waals surface area contributed by atoms with Crippen LogP contribution in [-0.4, -0.2) is 23.7 Å². The Bertz CT molecular complexity index is 324. The van der Waals surface area contributed by atoms with E-state index in [4.69, 9.17) is 0 Å². The molecule has 2 N–H and O–H groups in total. The number of aryl methyl sites for hydroxylation is 1. The van der Waals surface area contributed by atoms with Gasteiger partial charge in [0.2, 0.25) is 5.91 Å². The maximum atomic E-state index is 11.5. The van der Waals surface area contributed by atoms with Crippen LogP contribution in [0.3, 0.4) is 0 Å². The minimum atomic E-state index is -0.440. The second-order valence-corrected chi connectivity index (χ2v) is 5.17. The lowest BCUT2D eigenvalue weighted by molar-refractivity contribution is -0.121. The van der Waals surface area contributed by atoms with Gasteiger partial charge >= 0.3 is 0 Å². The molecule has 2 unspecified atom stereocenters. The first-order valence-electron chi connectivity index (χ1n) is 6.09. The molecule has 3 nitrogen and oxygen atoms in total. The molecule has 0 aliphatic carbocycles. The van der Waals surface area contributed by atoms with E-state index in [1.54, 1.807) is 11.3 Å². The number of carbonyl (C=O) groups is 1. The Morgan fingerprint density at radius 2 is 2.35 bits per heavy atom. The molecule has 0 aromatic carbocycles. The van der Waals surface area contributed by atoms with E-state index < -0.39 is 6.10 Å². The van der Waals surface area contributed by atoms with Crippen molar-refractivity contribution < 1.29 is 9.90 Å². The van der Waals surface area contributed by atoms with Crippen molar-refractivity contribution in [1.29, 1.82) is 0 Å². The van der Waals surface area contributed by atoms with Crippen molar-refractivity contribution in [2.75, 3.05) is 6.54 Å². The molecular formula is C13H21NO2S. The summed E-state index contributed by atoms with van der Waals surface area (Å²) in [5, 5.41) is 16.6. The summed E-state index contributed by atoms with van der Waals surface area (Å²) in [4.78, 5) is 11.5. The zero-order valence-corrected chi connectivity index (χ0v) is 11.3. The third-order valence-corrected chi connectivity index (χ3v) is 3.76. The second-order valence-electron chi connectivity index (χ2n) is 4.39. The molecule has 96 valence electrons. The number of carbonyl (C=O) groups excluding carboxylic acids is 1. The summed E-state index contributed by atoms with van der Waals surface area (Å²) in [6, 6.07) is 2.03. The Labute approximate surface area is 107 Å². The van der Waals surface area contributed by atoms with E-state index in [9.17, 15) is 9.90 Å². The Hall–Kier alpha value is -0.870. The smallest absolute Gasteiger partial charge is 0.220 e. The summed E-state index contributed by atoms with van der Waals surface area (Å²) in [5.74, 6) is 0.241. The van der Waals surface area contributed by atoms with Crippen molar-refractivity contribution in [3.05, 3.63) is 22.4 Å². The number of hydrogen-bond donors (Lipinski definition) is 2. The quantitative estimate of drug-likeness (QED) is 0.785. The first-order valence-corrected chi connectivity index (χ1v) is 7.03. The summed E-state index contributed by atoms with van der Waals surface area (Å²) in [6.45, 7) is 4.38. The van der Waals surface area contributed by atoms with Gasteiger partial charge in [0, 0.05) is 13.0 Å². The number of aliphatic hydroxyl groups is 1. The van der Waals surface area contributed by atoms with Crippen molar-refractivity contribution in [2.24, 2.45) is 5.92 Å². The monoisotopic (exact) mass is 255 g/mol. The lowest BCUT2D eigenvalue weighted by Crippen LogP contribution is -2.35. The number of aliphatic hydroxyl groups excluding tert-OH is 1. The van der Waals surface area contributed by atoms with Gasteiger partial charge in [-0.15, -0.1) is 0 Å². The molecule has 0 fully saturated rings. The molecular weight excluding hydrogens is 234 g/mol. The van der Waals surface area contributed by atoms with Crippen molar-refractivity contribution in [2.45, 2.75) is 39.2 Å². The zero-order valence-electron chi connectivity index (χ0n) is 10.5. The van der Waals surface area contributed by atoms with Crippen LogP contribution in [0.25, 0.3) is 0 Å². The van der Waals surface area contributed by atoms with Crippen LogP contribution in [0, 0.1) is 5.92 Å². The molecule has 1 rings (SSSR count). The molecule has 0 aliphatic heterocycles. The summed E-state index contributed by atoms with van der Waals surface area (Å²) < 4.78 is 0. The van der Waals surface area contributed by atoms with Gasteiger partial charge in [-0.25, -0.2) is 0 Å². The molecule has 1 aromatic rings. The van der Waals surface area contributed by atoms with Crippen LogP contribution in [0.15, 0.2) is 16.8 Å². The van der Waals surface area contributed by atoms with E-state index >= 15 is 0 Å². The first kappa shape index (κ1) is 14.2. The predicted octanol–water partition coefficient (Wildman–Crippen LogP) is 2.20. The van der Waals surface area contributed by atoms with Crippen LogP contribution >= 0.6 is 11.3 Å². The third-order valence-electron chi connectivity index (χ3n) is 3.03. The molecule has 1 heterocycles. The Morgan fingerprint density at radius 1 is 1.59 bits per heavy atom. The van der Waals surface area contributed by atoms with E-state index in [-0.39, 0.29) is 11.8 Å².